The number of aromatic nitrogens is 3. The summed E-state index contributed by atoms with van der Waals surface area (Å²) in [5, 5.41) is 8.31. The Morgan fingerprint density at radius 3 is 2.47 bits per heavy atom. The van der Waals surface area contributed by atoms with E-state index in [1.165, 1.54) is 19.3 Å². The van der Waals surface area contributed by atoms with Crippen LogP contribution in [0.3, 0.4) is 0 Å². The molecule has 4 heteroatoms. The van der Waals surface area contributed by atoms with Crippen LogP contribution >= 0.6 is 0 Å². The van der Waals surface area contributed by atoms with E-state index in [-0.39, 0.29) is 0 Å². The summed E-state index contributed by atoms with van der Waals surface area (Å²) in [6.07, 6.45) is 8.15. The Morgan fingerprint density at radius 1 is 0.895 bits per heavy atom. The molecule has 0 radical (unpaired) electrons. The van der Waals surface area contributed by atoms with Gasteiger partial charge in [-0.15, -0.1) is 10.2 Å². The SMILES string of the molecule is c1ccc(-c2ccc(OC3CCCCC3)nn2)nc1. The van der Waals surface area contributed by atoms with Crippen molar-refractivity contribution >= 4 is 0 Å². The van der Waals surface area contributed by atoms with Crippen molar-refractivity contribution in [3.8, 4) is 17.3 Å². The summed E-state index contributed by atoms with van der Waals surface area (Å²) in [6.45, 7) is 0. The van der Waals surface area contributed by atoms with Gasteiger partial charge in [-0.2, -0.15) is 0 Å². The molecule has 0 aromatic carbocycles. The molecule has 2 aromatic heterocycles. The minimum atomic E-state index is 0.309. The van der Waals surface area contributed by atoms with Crippen LogP contribution in [0.5, 0.6) is 5.88 Å². The fourth-order valence-corrected chi connectivity index (χ4v) is 2.39. The summed E-state index contributed by atoms with van der Waals surface area (Å²) >= 11 is 0. The maximum atomic E-state index is 5.85. The molecule has 98 valence electrons. The van der Waals surface area contributed by atoms with Crippen LogP contribution < -0.4 is 4.74 Å². The van der Waals surface area contributed by atoms with Crippen LogP contribution in [0.4, 0.5) is 0 Å². The van der Waals surface area contributed by atoms with E-state index < -0.39 is 0 Å². The Labute approximate surface area is 112 Å². The molecule has 1 aliphatic carbocycles. The van der Waals surface area contributed by atoms with E-state index >= 15 is 0 Å². The van der Waals surface area contributed by atoms with Gasteiger partial charge >= 0.3 is 0 Å². The average Bonchev–Trinajstić information content (AvgIpc) is 2.50. The lowest BCUT2D eigenvalue weighted by molar-refractivity contribution is 0.147. The van der Waals surface area contributed by atoms with Gasteiger partial charge in [0.25, 0.3) is 0 Å². The summed E-state index contributed by atoms with van der Waals surface area (Å²) in [5.41, 5.74) is 1.61. The Hall–Kier alpha value is -1.97. The normalized spacial score (nSPS) is 16.2. The van der Waals surface area contributed by atoms with Crippen molar-refractivity contribution in [1.29, 1.82) is 0 Å². The molecule has 19 heavy (non-hydrogen) atoms. The molecule has 0 unspecified atom stereocenters. The molecule has 1 saturated carbocycles. The molecule has 3 rings (SSSR count). The zero-order chi connectivity index (χ0) is 12.9. The van der Waals surface area contributed by atoms with E-state index in [0.29, 0.717) is 12.0 Å². The van der Waals surface area contributed by atoms with Crippen molar-refractivity contribution in [2.75, 3.05) is 0 Å². The van der Waals surface area contributed by atoms with Crippen LogP contribution in [0.1, 0.15) is 32.1 Å². The Bertz CT molecular complexity index is 507. The van der Waals surface area contributed by atoms with E-state index in [9.17, 15) is 0 Å². The number of pyridine rings is 1. The van der Waals surface area contributed by atoms with Crippen LogP contribution in [-0.2, 0) is 0 Å². The summed E-state index contributed by atoms with van der Waals surface area (Å²) < 4.78 is 5.85. The summed E-state index contributed by atoms with van der Waals surface area (Å²) in [7, 11) is 0. The Morgan fingerprint density at radius 2 is 1.79 bits per heavy atom. The largest absolute Gasteiger partial charge is 0.473 e. The molecule has 2 heterocycles. The molecule has 2 aromatic rings. The van der Waals surface area contributed by atoms with Crippen LogP contribution in [0, 0.1) is 0 Å². The summed E-state index contributed by atoms with van der Waals surface area (Å²) in [6, 6.07) is 9.54. The van der Waals surface area contributed by atoms with Gasteiger partial charge in [0, 0.05) is 12.3 Å². The molecule has 0 amide bonds. The van der Waals surface area contributed by atoms with Gasteiger partial charge in [0.1, 0.15) is 11.8 Å². The van der Waals surface area contributed by atoms with Gasteiger partial charge in [-0.1, -0.05) is 12.5 Å². The number of hydrogen-bond donors (Lipinski definition) is 0. The molecule has 4 nitrogen and oxygen atoms in total. The predicted octanol–water partition coefficient (Wildman–Crippen LogP) is 3.25. The lowest BCUT2D eigenvalue weighted by Crippen LogP contribution is -2.20. The minimum Gasteiger partial charge on any atom is -0.473 e. The first-order valence-electron chi connectivity index (χ1n) is 6.83. The zero-order valence-corrected chi connectivity index (χ0v) is 10.8. The van der Waals surface area contributed by atoms with Crippen molar-refractivity contribution in [2.45, 2.75) is 38.2 Å². The molecular weight excluding hydrogens is 238 g/mol. The highest BCUT2D eigenvalue weighted by molar-refractivity contribution is 5.52. The zero-order valence-electron chi connectivity index (χ0n) is 10.8. The molecule has 0 aliphatic heterocycles. The van der Waals surface area contributed by atoms with Crippen LogP contribution in [0.25, 0.3) is 11.4 Å². The number of ether oxygens (including phenoxy) is 1. The third kappa shape index (κ3) is 3.08. The number of rotatable bonds is 3. The maximum Gasteiger partial charge on any atom is 0.233 e. The van der Waals surface area contributed by atoms with E-state index in [1.54, 1.807) is 6.20 Å². The number of hydrogen-bond acceptors (Lipinski definition) is 4. The molecule has 0 spiro atoms. The minimum absolute atomic E-state index is 0.309. The van der Waals surface area contributed by atoms with Crippen molar-refractivity contribution in [2.24, 2.45) is 0 Å². The van der Waals surface area contributed by atoms with Crippen molar-refractivity contribution in [3.05, 3.63) is 36.5 Å². The van der Waals surface area contributed by atoms with Crippen LogP contribution in [0.15, 0.2) is 36.5 Å². The first-order chi connectivity index (χ1) is 9.42. The van der Waals surface area contributed by atoms with Gasteiger partial charge in [0.2, 0.25) is 5.88 Å². The molecule has 0 atom stereocenters. The second-order valence-corrected chi connectivity index (χ2v) is 4.85. The molecule has 0 N–H and O–H groups in total. The van der Waals surface area contributed by atoms with Crippen molar-refractivity contribution < 1.29 is 4.74 Å². The molecular formula is C15H17N3O. The monoisotopic (exact) mass is 255 g/mol. The Balaban J connectivity index is 1.68. The fourth-order valence-electron chi connectivity index (χ4n) is 2.39. The van der Waals surface area contributed by atoms with Crippen molar-refractivity contribution in [1.82, 2.24) is 15.2 Å². The molecule has 1 fully saturated rings. The Kier molecular flexibility index (Phi) is 3.68. The van der Waals surface area contributed by atoms with Crippen LogP contribution in [0.2, 0.25) is 0 Å². The predicted molar refractivity (Wildman–Crippen MR) is 72.8 cm³/mol. The lowest BCUT2D eigenvalue weighted by Gasteiger charge is -2.21. The highest BCUT2D eigenvalue weighted by Crippen LogP contribution is 2.22. The van der Waals surface area contributed by atoms with Gasteiger partial charge in [-0.3, -0.25) is 4.98 Å². The third-order valence-electron chi connectivity index (χ3n) is 3.41. The highest BCUT2D eigenvalue weighted by Gasteiger charge is 2.15. The van der Waals surface area contributed by atoms with E-state index in [4.69, 9.17) is 4.74 Å². The van der Waals surface area contributed by atoms with Gasteiger partial charge in [-0.25, -0.2) is 0 Å². The highest BCUT2D eigenvalue weighted by atomic mass is 16.5. The summed E-state index contributed by atoms with van der Waals surface area (Å²) in [4.78, 5) is 4.25. The second-order valence-electron chi connectivity index (χ2n) is 4.85. The smallest absolute Gasteiger partial charge is 0.233 e. The standard InChI is InChI=1S/C15H17N3O/c1-2-6-12(7-3-1)19-15-10-9-14(17-18-15)13-8-4-5-11-16-13/h4-5,8-12H,1-3,6-7H2. The molecule has 1 aliphatic rings. The van der Waals surface area contributed by atoms with Crippen LogP contribution in [-0.4, -0.2) is 21.3 Å². The van der Waals surface area contributed by atoms with Gasteiger partial charge in [-0.05, 0) is 43.9 Å². The number of nitrogens with zero attached hydrogens (tertiary/aromatic N) is 3. The quantitative estimate of drug-likeness (QED) is 0.844. The molecule has 0 bridgehead atoms. The second kappa shape index (κ2) is 5.78. The third-order valence-corrected chi connectivity index (χ3v) is 3.41. The van der Waals surface area contributed by atoms with Gasteiger partial charge in [0.15, 0.2) is 0 Å². The van der Waals surface area contributed by atoms with E-state index in [1.807, 2.05) is 30.3 Å². The van der Waals surface area contributed by atoms with Gasteiger partial charge in [0.05, 0.1) is 5.69 Å². The van der Waals surface area contributed by atoms with Gasteiger partial charge < -0.3 is 4.74 Å². The lowest BCUT2D eigenvalue weighted by atomic mass is 9.98. The first kappa shape index (κ1) is 12.1. The van der Waals surface area contributed by atoms with E-state index in [2.05, 4.69) is 15.2 Å². The average molecular weight is 255 g/mol. The van der Waals surface area contributed by atoms with E-state index in [0.717, 1.165) is 24.2 Å². The fraction of sp³-hybridized carbons (Fsp3) is 0.400. The molecule has 0 saturated heterocycles. The summed E-state index contributed by atoms with van der Waals surface area (Å²) in [5.74, 6) is 0.617. The first-order valence-corrected chi connectivity index (χ1v) is 6.83. The maximum absolute atomic E-state index is 5.85. The van der Waals surface area contributed by atoms with Crippen molar-refractivity contribution in [3.63, 3.8) is 0 Å². The topological polar surface area (TPSA) is 47.9 Å².